The molecule has 9 nitrogen and oxygen atoms in total. The Morgan fingerprint density at radius 1 is 1.00 bits per heavy atom. The van der Waals surface area contributed by atoms with E-state index < -0.39 is 21.9 Å². The fraction of sp³-hybridized carbons (Fsp3) is 0.533. The zero-order valence-electron chi connectivity index (χ0n) is 24.3. The summed E-state index contributed by atoms with van der Waals surface area (Å²) >= 11 is 12.5. The second-order valence-electron chi connectivity index (χ2n) is 11.7. The summed E-state index contributed by atoms with van der Waals surface area (Å²) in [7, 11) is -3.81. The standard InChI is InChI=1S/C30H37Cl2FN4O5S/c1-20-4-6-25(15-27(20)31)37(30(39)42-26-8-12-35(13-9-26)21(2)38)11-3-10-34-16-22-18-36(19-23(22)17-34)43(40,41)29-7-5-24(33)14-28(29)32/h4-7,14-15,22-23,26H,3,8-13,16-19H2,1-2H3. The average molecular weight is 656 g/mol. The van der Waals surface area contributed by atoms with Crippen molar-refractivity contribution in [3.63, 3.8) is 0 Å². The number of fused-ring (bicyclic) bond motifs is 1. The van der Waals surface area contributed by atoms with Gasteiger partial charge in [-0.05, 0) is 67.6 Å². The van der Waals surface area contributed by atoms with Gasteiger partial charge in [-0.25, -0.2) is 17.6 Å². The minimum Gasteiger partial charge on any atom is -0.446 e. The van der Waals surface area contributed by atoms with Crippen LogP contribution in [-0.2, 0) is 19.6 Å². The van der Waals surface area contributed by atoms with Crippen LogP contribution >= 0.6 is 23.2 Å². The first-order chi connectivity index (χ1) is 20.4. The monoisotopic (exact) mass is 654 g/mol. The number of nitrogens with zero attached hydrogens (tertiary/aromatic N) is 4. The highest BCUT2D eigenvalue weighted by atomic mass is 35.5. The third-order valence-corrected chi connectivity index (χ3v) is 11.5. The Bertz CT molecular complexity index is 1460. The lowest BCUT2D eigenvalue weighted by molar-refractivity contribution is -0.130. The van der Waals surface area contributed by atoms with Crippen molar-refractivity contribution in [1.82, 2.24) is 14.1 Å². The van der Waals surface area contributed by atoms with Crippen LogP contribution in [0.15, 0.2) is 41.3 Å². The van der Waals surface area contributed by atoms with E-state index in [0.29, 0.717) is 62.7 Å². The number of ether oxygens (including phenoxy) is 1. The largest absolute Gasteiger partial charge is 0.446 e. The van der Waals surface area contributed by atoms with Gasteiger partial charge in [0.05, 0.1) is 5.02 Å². The van der Waals surface area contributed by atoms with Crippen LogP contribution in [0.4, 0.5) is 14.9 Å². The summed E-state index contributed by atoms with van der Waals surface area (Å²) < 4.78 is 47.2. The van der Waals surface area contributed by atoms with Crippen molar-refractivity contribution >= 4 is 50.9 Å². The normalized spacial score (nSPS) is 21.7. The van der Waals surface area contributed by atoms with Gasteiger partial charge in [-0.15, -0.1) is 0 Å². The van der Waals surface area contributed by atoms with Gasteiger partial charge in [0, 0.05) is 76.3 Å². The quantitative estimate of drug-likeness (QED) is 0.396. The second-order valence-corrected chi connectivity index (χ2v) is 14.4. The van der Waals surface area contributed by atoms with Gasteiger partial charge in [-0.2, -0.15) is 4.31 Å². The number of amides is 2. The Morgan fingerprint density at radius 2 is 1.67 bits per heavy atom. The molecule has 2 aromatic rings. The lowest BCUT2D eigenvalue weighted by Gasteiger charge is -2.32. The Kier molecular flexibility index (Phi) is 9.87. The molecule has 3 aliphatic heterocycles. The van der Waals surface area contributed by atoms with Gasteiger partial charge >= 0.3 is 6.09 Å². The lowest BCUT2D eigenvalue weighted by atomic mass is 10.0. The first-order valence-electron chi connectivity index (χ1n) is 14.6. The summed E-state index contributed by atoms with van der Waals surface area (Å²) in [5, 5.41) is 0.456. The van der Waals surface area contributed by atoms with E-state index in [-0.39, 0.29) is 33.8 Å². The molecule has 0 aromatic heterocycles. The molecule has 2 atom stereocenters. The van der Waals surface area contributed by atoms with E-state index in [2.05, 4.69) is 4.90 Å². The number of halogens is 3. The molecule has 3 saturated heterocycles. The van der Waals surface area contributed by atoms with Crippen molar-refractivity contribution in [2.75, 3.05) is 57.3 Å². The van der Waals surface area contributed by atoms with Gasteiger partial charge in [0.1, 0.15) is 16.8 Å². The van der Waals surface area contributed by atoms with E-state index in [4.69, 9.17) is 27.9 Å². The number of anilines is 1. The third kappa shape index (κ3) is 7.28. The van der Waals surface area contributed by atoms with E-state index in [0.717, 1.165) is 37.3 Å². The molecular weight excluding hydrogens is 618 g/mol. The highest BCUT2D eigenvalue weighted by Gasteiger charge is 2.44. The summed E-state index contributed by atoms with van der Waals surface area (Å²) in [4.78, 5) is 30.7. The van der Waals surface area contributed by atoms with Crippen molar-refractivity contribution in [2.24, 2.45) is 11.8 Å². The third-order valence-electron chi connectivity index (χ3n) is 8.74. The molecule has 0 saturated carbocycles. The molecule has 13 heteroatoms. The molecule has 0 radical (unpaired) electrons. The van der Waals surface area contributed by atoms with Crippen LogP contribution in [0.3, 0.4) is 0 Å². The molecule has 43 heavy (non-hydrogen) atoms. The molecule has 3 heterocycles. The molecule has 0 aliphatic carbocycles. The molecule has 2 unspecified atom stereocenters. The van der Waals surface area contributed by atoms with Crippen LogP contribution < -0.4 is 4.90 Å². The van der Waals surface area contributed by atoms with Crippen LogP contribution in [0.1, 0.15) is 31.7 Å². The molecule has 2 aromatic carbocycles. The van der Waals surface area contributed by atoms with E-state index in [1.165, 1.54) is 10.4 Å². The SMILES string of the molecule is CC(=O)N1CCC(OC(=O)N(CCCN2CC3CN(S(=O)(=O)c4ccc(F)cc4Cl)CC3C2)c2ccc(C)c(Cl)c2)CC1. The molecule has 3 fully saturated rings. The number of benzene rings is 2. The molecule has 5 rings (SSSR count). The van der Waals surface area contributed by atoms with Crippen molar-refractivity contribution in [3.05, 3.63) is 57.8 Å². The van der Waals surface area contributed by atoms with E-state index in [1.54, 1.807) is 22.8 Å². The van der Waals surface area contributed by atoms with Crippen LogP contribution in [-0.4, -0.2) is 93.0 Å². The predicted octanol–water partition coefficient (Wildman–Crippen LogP) is 5.04. The zero-order valence-corrected chi connectivity index (χ0v) is 26.7. The number of hydrogen-bond donors (Lipinski definition) is 0. The number of likely N-dealkylation sites (tertiary alicyclic amines) is 2. The molecule has 234 valence electrons. The maximum atomic E-state index is 13.5. The van der Waals surface area contributed by atoms with E-state index in [1.807, 2.05) is 19.1 Å². The first-order valence-corrected chi connectivity index (χ1v) is 16.8. The molecule has 0 N–H and O–H groups in total. The second kappa shape index (κ2) is 13.3. The number of aryl methyl sites for hydroxylation is 1. The van der Waals surface area contributed by atoms with Gasteiger partial charge < -0.3 is 14.5 Å². The zero-order chi connectivity index (χ0) is 30.9. The van der Waals surface area contributed by atoms with Crippen LogP contribution in [0.2, 0.25) is 10.0 Å². The van der Waals surface area contributed by atoms with Crippen LogP contribution in [0.5, 0.6) is 0 Å². The fourth-order valence-electron chi connectivity index (χ4n) is 6.27. The molecule has 2 amide bonds. The average Bonchev–Trinajstić information content (AvgIpc) is 3.52. The molecule has 3 aliphatic rings. The van der Waals surface area contributed by atoms with Crippen LogP contribution in [0.25, 0.3) is 0 Å². The fourth-order valence-corrected chi connectivity index (χ4v) is 8.51. The van der Waals surface area contributed by atoms with Gasteiger partial charge in [-0.3, -0.25) is 9.69 Å². The Hall–Kier alpha value is -2.44. The minimum absolute atomic E-state index is 0.0263. The van der Waals surface area contributed by atoms with Crippen molar-refractivity contribution in [3.8, 4) is 0 Å². The van der Waals surface area contributed by atoms with Gasteiger partial charge in [0.25, 0.3) is 0 Å². The number of carbonyl (C=O) groups excluding carboxylic acids is 2. The van der Waals surface area contributed by atoms with Gasteiger partial charge in [-0.1, -0.05) is 29.3 Å². The van der Waals surface area contributed by atoms with Gasteiger partial charge in [0.2, 0.25) is 15.9 Å². The first kappa shape index (κ1) is 32.0. The molecular formula is C30H37Cl2FN4O5S. The van der Waals surface area contributed by atoms with Crippen molar-refractivity contribution < 1.29 is 27.1 Å². The Labute approximate surface area is 262 Å². The van der Waals surface area contributed by atoms with Crippen molar-refractivity contribution in [2.45, 2.75) is 44.1 Å². The molecule has 0 spiro atoms. The van der Waals surface area contributed by atoms with Gasteiger partial charge in [0.15, 0.2) is 0 Å². The predicted molar refractivity (Wildman–Crippen MR) is 163 cm³/mol. The number of carbonyl (C=O) groups is 2. The summed E-state index contributed by atoms with van der Waals surface area (Å²) in [6.07, 6.45) is 1.21. The smallest absolute Gasteiger partial charge is 0.414 e. The lowest BCUT2D eigenvalue weighted by Crippen LogP contribution is -2.43. The van der Waals surface area contributed by atoms with E-state index in [9.17, 15) is 22.4 Å². The number of sulfonamides is 1. The molecule has 0 bridgehead atoms. The maximum Gasteiger partial charge on any atom is 0.414 e. The van der Waals surface area contributed by atoms with Crippen molar-refractivity contribution in [1.29, 1.82) is 0 Å². The highest BCUT2D eigenvalue weighted by Crippen LogP contribution is 2.36. The summed E-state index contributed by atoms with van der Waals surface area (Å²) in [6.45, 7) is 8.04. The number of hydrogen-bond acceptors (Lipinski definition) is 6. The minimum atomic E-state index is -3.81. The summed E-state index contributed by atoms with van der Waals surface area (Å²) in [6, 6.07) is 8.87. The summed E-state index contributed by atoms with van der Waals surface area (Å²) in [5.74, 6) is -0.178. The Balaban J connectivity index is 1.16. The Morgan fingerprint density at radius 3 is 2.28 bits per heavy atom. The van der Waals surface area contributed by atoms with E-state index >= 15 is 0 Å². The van der Waals surface area contributed by atoms with Crippen LogP contribution in [0, 0.1) is 24.6 Å². The topological polar surface area (TPSA) is 90.5 Å². The number of rotatable bonds is 8. The number of piperidine rings is 1. The maximum absolute atomic E-state index is 13.5. The highest BCUT2D eigenvalue weighted by molar-refractivity contribution is 7.89. The summed E-state index contributed by atoms with van der Waals surface area (Å²) in [5.41, 5.74) is 1.58.